The van der Waals surface area contributed by atoms with Crippen molar-refractivity contribution in [2.75, 3.05) is 32.5 Å². The molecule has 2 N–H and O–H groups in total. The number of carbonyl (C=O) groups is 3. The van der Waals surface area contributed by atoms with Gasteiger partial charge in [-0.2, -0.15) is 5.26 Å². The molecule has 3 unspecified atom stereocenters. The number of rotatable bonds is 9. The fraction of sp³-hybridized carbons (Fsp3) is 0.583. The summed E-state index contributed by atoms with van der Waals surface area (Å²) in [6, 6.07) is 10.6. The highest BCUT2D eigenvalue weighted by Gasteiger charge is 2.35. The van der Waals surface area contributed by atoms with Crippen LogP contribution in [-0.4, -0.2) is 73.0 Å². The SMILES string of the molecule is CNCCC(=O)N(C)C(C)CC(C)(C)F.N#CC1CC(C(=O)Nc2ccccc2)CN1C=O. The molecule has 1 aliphatic rings. The maximum Gasteiger partial charge on any atom is 0.229 e. The average Bonchev–Trinajstić information content (AvgIpc) is 3.20. The van der Waals surface area contributed by atoms with Crippen LogP contribution in [0.4, 0.5) is 10.1 Å². The number of para-hydroxylation sites is 1. The fourth-order valence-corrected chi connectivity index (χ4v) is 3.55. The monoisotopic (exact) mass is 461 g/mol. The van der Waals surface area contributed by atoms with Gasteiger partial charge < -0.3 is 20.4 Å². The van der Waals surface area contributed by atoms with Gasteiger partial charge in [-0.25, -0.2) is 4.39 Å². The molecule has 0 spiro atoms. The van der Waals surface area contributed by atoms with Gasteiger partial charge in [0, 0.05) is 44.7 Å². The average molecular weight is 462 g/mol. The third kappa shape index (κ3) is 10.00. The molecule has 0 aromatic heterocycles. The molecular formula is C24H36FN5O3. The van der Waals surface area contributed by atoms with Gasteiger partial charge in [0.15, 0.2) is 0 Å². The molecule has 0 bridgehead atoms. The Labute approximate surface area is 196 Å². The van der Waals surface area contributed by atoms with Gasteiger partial charge in [0.25, 0.3) is 0 Å². The van der Waals surface area contributed by atoms with E-state index in [1.807, 2.05) is 31.2 Å². The van der Waals surface area contributed by atoms with Crippen molar-refractivity contribution >= 4 is 23.9 Å². The molecule has 182 valence electrons. The molecule has 9 heteroatoms. The van der Waals surface area contributed by atoms with E-state index in [-0.39, 0.29) is 23.8 Å². The molecular weight excluding hydrogens is 425 g/mol. The maximum atomic E-state index is 13.4. The van der Waals surface area contributed by atoms with Crippen LogP contribution in [0.2, 0.25) is 0 Å². The molecule has 1 heterocycles. The van der Waals surface area contributed by atoms with Crippen molar-refractivity contribution in [1.82, 2.24) is 15.1 Å². The van der Waals surface area contributed by atoms with E-state index in [2.05, 4.69) is 10.6 Å². The predicted octanol–water partition coefficient (Wildman–Crippen LogP) is 2.58. The number of likely N-dealkylation sites (tertiary alicyclic amines) is 1. The minimum absolute atomic E-state index is 0.0566. The number of carbonyl (C=O) groups excluding carboxylic acids is 3. The van der Waals surface area contributed by atoms with E-state index >= 15 is 0 Å². The molecule has 1 aromatic carbocycles. The molecule has 1 aliphatic heterocycles. The molecule has 1 aromatic rings. The predicted molar refractivity (Wildman–Crippen MR) is 126 cm³/mol. The van der Waals surface area contributed by atoms with Crippen molar-refractivity contribution in [2.24, 2.45) is 5.92 Å². The number of halogens is 1. The lowest BCUT2D eigenvalue weighted by Gasteiger charge is -2.28. The summed E-state index contributed by atoms with van der Waals surface area (Å²) in [5, 5.41) is 14.6. The second kappa shape index (κ2) is 13.5. The lowest BCUT2D eigenvalue weighted by atomic mass is 10.0. The number of anilines is 1. The lowest BCUT2D eigenvalue weighted by molar-refractivity contribution is -0.132. The Morgan fingerprint density at radius 2 is 2.00 bits per heavy atom. The Morgan fingerprint density at radius 1 is 1.36 bits per heavy atom. The van der Waals surface area contributed by atoms with Crippen molar-refractivity contribution in [3.63, 3.8) is 0 Å². The highest BCUT2D eigenvalue weighted by molar-refractivity contribution is 5.93. The summed E-state index contributed by atoms with van der Waals surface area (Å²) in [6.07, 6.45) is 1.86. The van der Waals surface area contributed by atoms with E-state index in [0.29, 0.717) is 38.8 Å². The summed E-state index contributed by atoms with van der Waals surface area (Å²) in [4.78, 5) is 37.3. The Bertz CT molecular complexity index is 807. The molecule has 0 saturated carbocycles. The Morgan fingerprint density at radius 3 is 2.48 bits per heavy atom. The first-order valence-corrected chi connectivity index (χ1v) is 11.1. The van der Waals surface area contributed by atoms with Gasteiger partial charge in [0.2, 0.25) is 18.2 Å². The van der Waals surface area contributed by atoms with E-state index in [9.17, 15) is 18.8 Å². The van der Waals surface area contributed by atoms with Crippen LogP contribution in [0.15, 0.2) is 30.3 Å². The molecule has 3 amide bonds. The van der Waals surface area contributed by atoms with Crippen molar-refractivity contribution in [3.05, 3.63) is 30.3 Å². The zero-order chi connectivity index (χ0) is 25.0. The van der Waals surface area contributed by atoms with Gasteiger partial charge in [-0.1, -0.05) is 18.2 Å². The van der Waals surface area contributed by atoms with Crippen molar-refractivity contribution < 1.29 is 18.8 Å². The molecule has 0 radical (unpaired) electrons. The first kappa shape index (κ1) is 28.0. The number of amides is 3. The topological polar surface area (TPSA) is 106 Å². The largest absolute Gasteiger partial charge is 0.343 e. The minimum Gasteiger partial charge on any atom is -0.343 e. The summed E-state index contributed by atoms with van der Waals surface area (Å²) in [5.41, 5.74) is -0.502. The zero-order valence-corrected chi connectivity index (χ0v) is 20.2. The van der Waals surface area contributed by atoms with Crippen LogP contribution in [-0.2, 0) is 14.4 Å². The van der Waals surface area contributed by atoms with Crippen LogP contribution in [0.3, 0.4) is 0 Å². The molecule has 2 rings (SSSR count). The van der Waals surface area contributed by atoms with E-state index in [0.717, 1.165) is 5.69 Å². The highest BCUT2D eigenvalue weighted by Crippen LogP contribution is 2.23. The quantitative estimate of drug-likeness (QED) is 0.550. The number of alkyl halides is 1. The van der Waals surface area contributed by atoms with E-state index in [4.69, 9.17) is 5.26 Å². The van der Waals surface area contributed by atoms with Crippen LogP contribution in [0, 0.1) is 17.2 Å². The van der Waals surface area contributed by atoms with Crippen LogP contribution >= 0.6 is 0 Å². The molecule has 1 saturated heterocycles. The Balaban J connectivity index is 0.000000337. The van der Waals surface area contributed by atoms with Crippen LogP contribution in [0.5, 0.6) is 0 Å². The fourth-order valence-electron chi connectivity index (χ4n) is 3.55. The minimum atomic E-state index is -1.23. The van der Waals surface area contributed by atoms with Crippen molar-refractivity contribution in [2.45, 2.75) is 57.8 Å². The summed E-state index contributed by atoms with van der Waals surface area (Å²) in [6.45, 7) is 5.92. The number of nitrogens with one attached hydrogen (secondary N) is 2. The van der Waals surface area contributed by atoms with E-state index in [1.165, 1.54) is 18.7 Å². The highest BCUT2D eigenvalue weighted by atomic mass is 19.1. The summed E-state index contributed by atoms with van der Waals surface area (Å²) >= 11 is 0. The Kier molecular flexibility index (Phi) is 11.5. The number of nitriles is 1. The van der Waals surface area contributed by atoms with Gasteiger partial charge in [-0.3, -0.25) is 14.4 Å². The number of hydrogen-bond donors (Lipinski definition) is 2. The number of hydrogen-bond acceptors (Lipinski definition) is 5. The van der Waals surface area contributed by atoms with Gasteiger partial charge in [-0.05, 0) is 46.4 Å². The normalized spacial score (nSPS) is 18.4. The third-order valence-electron chi connectivity index (χ3n) is 5.46. The molecule has 33 heavy (non-hydrogen) atoms. The summed E-state index contributed by atoms with van der Waals surface area (Å²) in [5.74, 6) is -0.410. The van der Waals surface area contributed by atoms with Crippen molar-refractivity contribution in [3.8, 4) is 6.07 Å². The smallest absolute Gasteiger partial charge is 0.229 e. The molecule has 0 aliphatic carbocycles. The second-order valence-electron chi connectivity index (χ2n) is 8.87. The van der Waals surface area contributed by atoms with Gasteiger partial charge in [-0.15, -0.1) is 0 Å². The van der Waals surface area contributed by atoms with Gasteiger partial charge >= 0.3 is 0 Å². The van der Waals surface area contributed by atoms with Gasteiger partial charge in [0.1, 0.15) is 11.7 Å². The zero-order valence-electron chi connectivity index (χ0n) is 20.2. The maximum absolute atomic E-state index is 13.4. The molecule has 8 nitrogen and oxygen atoms in total. The van der Waals surface area contributed by atoms with Crippen LogP contribution < -0.4 is 10.6 Å². The first-order valence-electron chi connectivity index (χ1n) is 11.1. The first-order chi connectivity index (χ1) is 15.5. The second-order valence-corrected chi connectivity index (χ2v) is 8.87. The summed E-state index contributed by atoms with van der Waals surface area (Å²) in [7, 11) is 3.54. The van der Waals surface area contributed by atoms with E-state index in [1.54, 1.807) is 31.1 Å². The van der Waals surface area contributed by atoms with Crippen molar-refractivity contribution in [1.29, 1.82) is 5.26 Å². The van der Waals surface area contributed by atoms with Gasteiger partial charge in [0.05, 0.1) is 12.0 Å². The lowest BCUT2D eigenvalue weighted by Crippen LogP contribution is -2.39. The van der Waals surface area contributed by atoms with Crippen LogP contribution in [0.25, 0.3) is 0 Å². The Hall–Kier alpha value is -2.99. The third-order valence-corrected chi connectivity index (χ3v) is 5.46. The summed E-state index contributed by atoms with van der Waals surface area (Å²) < 4.78 is 13.4. The number of benzene rings is 1. The van der Waals surface area contributed by atoms with Crippen LogP contribution in [0.1, 0.15) is 40.0 Å². The molecule has 3 atom stereocenters. The van der Waals surface area contributed by atoms with E-state index < -0.39 is 11.7 Å². The number of nitrogens with zero attached hydrogens (tertiary/aromatic N) is 3. The standard InChI is InChI=1S/C13H13N3O2.C11H23FN2O/c14-7-12-6-10(8-16(12)9-17)13(18)15-11-4-2-1-3-5-11;1-9(8-11(2,3)12)14(5)10(15)6-7-13-4/h1-5,9-10,12H,6,8H2,(H,15,18);9,13H,6-8H2,1-5H3. The molecule has 1 fully saturated rings.